The molecule has 2 aliphatic rings. The highest BCUT2D eigenvalue weighted by Gasteiger charge is 2.25. The molecular formula is C32H37FN6O. The molecule has 40 heavy (non-hydrogen) atoms. The van der Waals surface area contributed by atoms with Gasteiger partial charge in [0.15, 0.2) is 0 Å². The fraction of sp³-hybridized carbons (Fsp3) is 0.406. The normalized spacial score (nSPS) is 16.9. The predicted molar refractivity (Wildman–Crippen MR) is 160 cm³/mol. The Hall–Kier alpha value is -3.78. The van der Waals surface area contributed by atoms with Crippen LogP contribution in [0.5, 0.6) is 0 Å². The van der Waals surface area contributed by atoms with Gasteiger partial charge in [-0.05, 0) is 69.1 Å². The van der Waals surface area contributed by atoms with Gasteiger partial charge in [0.05, 0.1) is 5.56 Å². The van der Waals surface area contributed by atoms with Gasteiger partial charge < -0.3 is 15.1 Å². The van der Waals surface area contributed by atoms with Crippen LogP contribution >= 0.6 is 0 Å². The highest BCUT2D eigenvalue weighted by molar-refractivity contribution is 5.87. The molecule has 0 atom stereocenters. The van der Waals surface area contributed by atoms with Crippen LogP contribution in [0, 0.1) is 19.7 Å². The Kier molecular flexibility index (Phi) is 7.27. The van der Waals surface area contributed by atoms with E-state index in [0.29, 0.717) is 28.3 Å². The van der Waals surface area contributed by atoms with Crippen LogP contribution in [0.15, 0.2) is 53.5 Å². The highest BCUT2D eigenvalue weighted by atomic mass is 19.1. The maximum absolute atomic E-state index is 14.9. The van der Waals surface area contributed by atoms with E-state index in [4.69, 9.17) is 4.98 Å². The fourth-order valence-electron chi connectivity index (χ4n) is 6.32. The molecule has 7 nitrogen and oxygen atoms in total. The number of likely N-dealkylation sites (N-methyl/N-ethyl adjacent to an activating group) is 1. The first-order valence-corrected chi connectivity index (χ1v) is 14.4. The zero-order valence-corrected chi connectivity index (χ0v) is 23.6. The van der Waals surface area contributed by atoms with Gasteiger partial charge in [0.1, 0.15) is 11.5 Å². The molecule has 6 rings (SSSR count). The van der Waals surface area contributed by atoms with Gasteiger partial charge in [0.2, 0.25) is 5.95 Å². The second-order valence-electron chi connectivity index (χ2n) is 11.3. The molecule has 1 saturated heterocycles. The van der Waals surface area contributed by atoms with Crippen molar-refractivity contribution in [3.05, 3.63) is 76.0 Å². The first kappa shape index (κ1) is 26.4. The Balaban J connectivity index is 1.40. The van der Waals surface area contributed by atoms with Crippen molar-refractivity contribution < 1.29 is 4.39 Å². The second-order valence-corrected chi connectivity index (χ2v) is 11.3. The molecule has 0 amide bonds. The zero-order chi connectivity index (χ0) is 27.8. The van der Waals surface area contributed by atoms with E-state index in [2.05, 4.69) is 52.3 Å². The molecule has 0 radical (unpaired) electrons. The van der Waals surface area contributed by atoms with E-state index >= 15 is 0 Å². The van der Waals surface area contributed by atoms with Crippen molar-refractivity contribution in [2.24, 2.45) is 0 Å². The molecule has 2 aromatic heterocycles. The van der Waals surface area contributed by atoms with Crippen LogP contribution in [0.1, 0.15) is 49.3 Å². The number of hydrogen-bond donors (Lipinski definition) is 1. The third kappa shape index (κ3) is 4.96. The Labute approximate surface area is 234 Å². The summed E-state index contributed by atoms with van der Waals surface area (Å²) in [5.41, 5.74) is 5.21. The molecule has 1 saturated carbocycles. The molecule has 4 aromatic rings. The first-order valence-electron chi connectivity index (χ1n) is 14.4. The molecule has 0 unspecified atom stereocenters. The van der Waals surface area contributed by atoms with Crippen LogP contribution in [0.2, 0.25) is 0 Å². The molecule has 1 aliphatic carbocycles. The van der Waals surface area contributed by atoms with Crippen LogP contribution in [0.4, 0.5) is 21.7 Å². The van der Waals surface area contributed by atoms with Gasteiger partial charge in [-0.1, -0.05) is 37.5 Å². The molecule has 3 heterocycles. The second kappa shape index (κ2) is 11.0. The minimum Gasteiger partial charge on any atom is -0.369 e. The standard InChI is InChI=1S/C32H37FN6O/c1-21-19-23(13-14-28(21)38-17-15-37(3)16-18-38)35-32-34-20-26-22(2)29(25-11-7-8-12-27(25)33)31(40)39(30(26)36-32)24-9-5-4-6-10-24/h7-8,11-14,19-20,24H,4-6,9-10,15-18H2,1-3H3,(H,34,35,36). The van der Waals surface area contributed by atoms with Gasteiger partial charge in [-0.3, -0.25) is 9.36 Å². The summed E-state index contributed by atoms with van der Waals surface area (Å²) < 4.78 is 16.7. The highest BCUT2D eigenvalue weighted by Crippen LogP contribution is 2.34. The molecule has 208 valence electrons. The van der Waals surface area contributed by atoms with E-state index in [1.165, 1.54) is 23.7 Å². The lowest BCUT2D eigenvalue weighted by atomic mass is 9.93. The number of pyridine rings is 1. The molecule has 2 aromatic carbocycles. The molecule has 2 fully saturated rings. The number of rotatable bonds is 5. The maximum Gasteiger partial charge on any atom is 0.260 e. The van der Waals surface area contributed by atoms with Gasteiger partial charge in [-0.2, -0.15) is 4.98 Å². The van der Waals surface area contributed by atoms with E-state index in [0.717, 1.165) is 62.9 Å². The third-order valence-electron chi connectivity index (χ3n) is 8.59. The van der Waals surface area contributed by atoms with E-state index in [1.807, 2.05) is 11.5 Å². The lowest BCUT2D eigenvalue weighted by Gasteiger charge is -2.35. The van der Waals surface area contributed by atoms with Crippen LogP contribution in [0.3, 0.4) is 0 Å². The van der Waals surface area contributed by atoms with E-state index in [-0.39, 0.29) is 11.6 Å². The average molecular weight is 541 g/mol. The van der Waals surface area contributed by atoms with Crippen LogP contribution < -0.4 is 15.8 Å². The Morgan fingerprint density at radius 1 is 0.975 bits per heavy atom. The van der Waals surface area contributed by atoms with Gasteiger partial charge in [0.25, 0.3) is 5.56 Å². The van der Waals surface area contributed by atoms with Crippen molar-refractivity contribution in [3.8, 4) is 11.1 Å². The van der Waals surface area contributed by atoms with Crippen LogP contribution in [-0.4, -0.2) is 52.7 Å². The summed E-state index contributed by atoms with van der Waals surface area (Å²) in [5, 5.41) is 4.15. The number of anilines is 3. The molecule has 8 heteroatoms. The number of nitrogens with one attached hydrogen (secondary N) is 1. The SMILES string of the molecule is Cc1cc(Nc2ncc3c(C)c(-c4ccccc4F)c(=O)n(C4CCCCC4)c3n2)ccc1N1CCN(C)CC1. The molecule has 1 aliphatic heterocycles. The molecule has 0 bridgehead atoms. The number of aryl methyl sites for hydroxylation is 2. The van der Waals surface area contributed by atoms with E-state index in [1.54, 1.807) is 24.4 Å². The number of fused-ring (bicyclic) bond motifs is 1. The quantitative estimate of drug-likeness (QED) is 0.324. The number of hydrogen-bond acceptors (Lipinski definition) is 6. The van der Waals surface area contributed by atoms with Crippen LogP contribution in [-0.2, 0) is 0 Å². The Bertz CT molecular complexity index is 1600. The van der Waals surface area contributed by atoms with Gasteiger partial charge in [0, 0.05) is 60.7 Å². The number of nitrogens with zero attached hydrogens (tertiary/aromatic N) is 5. The predicted octanol–water partition coefficient (Wildman–Crippen LogP) is 6.22. The third-order valence-corrected chi connectivity index (χ3v) is 8.59. The topological polar surface area (TPSA) is 66.3 Å². The molecule has 0 spiro atoms. The summed E-state index contributed by atoms with van der Waals surface area (Å²) in [6.07, 6.45) is 6.89. The number of benzene rings is 2. The lowest BCUT2D eigenvalue weighted by molar-refractivity contribution is 0.312. The summed E-state index contributed by atoms with van der Waals surface area (Å²) in [5.74, 6) is 0.0492. The van der Waals surface area contributed by atoms with E-state index < -0.39 is 5.82 Å². The van der Waals surface area contributed by atoms with Crippen molar-refractivity contribution in [3.63, 3.8) is 0 Å². The summed E-state index contributed by atoms with van der Waals surface area (Å²) in [6.45, 7) is 8.16. The van der Waals surface area contributed by atoms with Crippen molar-refractivity contribution in [1.29, 1.82) is 0 Å². The minimum atomic E-state index is -0.396. The smallest absolute Gasteiger partial charge is 0.260 e. The summed E-state index contributed by atoms with van der Waals surface area (Å²) in [4.78, 5) is 28.4. The average Bonchev–Trinajstić information content (AvgIpc) is 2.95. The Morgan fingerprint density at radius 3 is 2.45 bits per heavy atom. The first-order chi connectivity index (χ1) is 19.4. The minimum absolute atomic E-state index is 0.0303. The zero-order valence-electron chi connectivity index (χ0n) is 23.6. The van der Waals surface area contributed by atoms with Crippen molar-refractivity contribution in [1.82, 2.24) is 19.4 Å². The summed E-state index contributed by atoms with van der Waals surface area (Å²) in [7, 11) is 2.16. The van der Waals surface area contributed by atoms with Crippen molar-refractivity contribution >= 4 is 28.4 Å². The molecule has 1 N–H and O–H groups in total. The van der Waals surface area contributed by atoms with E-state index in [9.17, 15) is 9.18 Å². The number of aromatic nitrogens is 3. The van der Waals surface area contributed by atoms with Gasteiger partial charge in [-0.15, -0.1) is 0 Å². The van der Waals surface area contributed by atoms with Gasteiger partial charge in [-0.25, -0.2) is 9.37 Å². The van der Waals surface area contributed by atoms with Gasteiger partial charge >= 0.3 is 0 Å². The summed E-state index contributed by atoms with van der Waals surface area (Å²) >= 11 is 0. The van der Waals surface area contributed by atoms with Crippen LogP contribution in [0.25, 0.3) is 22.2 Å². The fourth-order valence-corrected chi connectivity index (χ4v) is 6.32. The number of halogens is 1. The monoisotopic (exact) mass is 540 g/mol. The van der Waals surface area contributed by atoms with Crippen molar-refractivity contribution in [2.45, 2.75) is 52.0 Å². The van der Waals surface area contributed by atoms with Crippen molar-refractivity contribution in [2.75, 3.05) is 43.4 Å². The molecular weight excluding hydrogens is 503 g/mol. The maximum atomic E-state index is 14.9. The largest absolute Gasteiger partial charge is 0.369 e. The summed E-state index contributed by atoms with van der Waals surface area (Å²) in [6, 6.07) is 12.9. The Morgan fingerprint density at radius 2 is 1.73 bits per heavy atom. The lowest BCUT2D eigenvalue weighted by Crippen LogP contribution is -2.44. The number of piperazine rings is 1.